The molecule has 0 radical (unpaired) electrons. The fraction of sp³-hybridized carbons (Fsp3) is 0.429. The summed E-state index contributed by atoms with van der Waals surface area (Å²) in [5.74, 6) is 0.785. The number of benzene rings is 1. The molecule has 0 amide bonds. The fourth-order valence-electron chi connectivity index (χ4n) is 4.08. The van der Waals surface area contributed by atoms with Gasteiger partial charge in [0.15, 0.2) is 8.32 Å². The molecular weight excluding hydrogens is 516 g/mol. The van der Waals surface area contributed by atoms with Crippen LogP contribution in [0.5, 0.6) is 5.88 Å². The molecule has 1 aromatic carbocycles. The van der Waals surface area contributed by atoms with E-state index in [2.05, 4.69) is 73.5 Å². The molecule has 0 saturated carbocycles. The molecule has 200 valence electrons. The second-order valence-corrected chi connectivity index (χ2v) is 16.6. The van der Waals surface area contributed by atoms with Gasteiger partial charge in [0.1, 0.15) is 11.8 Å². The van der Waals surface area contributed by atoms with Crippen molar-refractivity contribution in [1.82, 2.24) is 15.0 Å². The zero-order valence-corrected chi connectivity index (χ0v) is 24.8. The lowest BCUT2D eigenvalue weighted by Gasteiger charge is -2.39. The molecule has 4 rings (SSSR count). The zero-order chi connectivity index (χ0) is 27.7. The summed E-state index contributed by atoms with van der Waals surface area (Å²) in [6.07, 6.45) is 3.21. The predicted octanol–water partition coefficient (Wildman–Crippen LogP) is 6.91. The van der Waals surface area contributed by atoms with Crippen molar-refractivity contribution in [2.45, 2.75) is 58.2 Å². The molecule has 0 bridgehead atoms. The van der Waals surface area contributed by atoms with Crippen molar-refractivity contribution in [2.75, 3.05) is 30.4 Å². The van der Waals surface area contributed by atoms with Crippen molar-refractivity contribution >= 4 is 37.2 Å². The van der Waals surface area contributed by atoms with Crippen LogP contribution in [-0.4, -0.2) is 43.0 Å². The number of pyridine rings is 1. The minimum Gasteiger partial charge on any atom is -0.476 e. The lowest BCUT2D eigenvalue weighted by molar-refractivity contribution is 0.220. The summed E-state index contributed by atoms with van der Waals surface area (Å²) >= 11 is 6.16. The third kappa shape index (κ3) is 5.63. The summed E-state index contributed by atoms with van der Waals surface area (Å²) in [5.41, 5.74) is 4.34. The smallest absolute Gasteiger partial charge is 0.237 e. The molecule has 1 aliphatic heterocycles. The maximum absolute atomic E-state index is 9.97. The highest BCUT2D eigenvalue weighted by molar-refractivity contribution is 6.74. The van der Waals surface area contributed by atoms with Gasteiger partial charge in [0.05, 0.1) is 28.6 Å². The molecule has 38 heavy (non-hydrogen) atoms. The molecule has 2 aromatic heterocycles. The number of nitrogens with one attached hydrogen (secondary N) is 2. The number of nitriles is 1. The second kappa shape index (κ2) is 10.5. The van der Waals surface area contributed by atoms with E-state index in [4.69, 9.17) is 25.7 Å². The van der Waals surface area contributed by atoms with E-state index in [1.165, 1.54) is 6.20 Å². The Hall–Kier alpha value is -3.19. The minimum absolute atomic E-state index is 0.114. The summed E-state index contributed by atoms with van der Waals surface area (Å²) in [4.78, 5) is 13.4. The van der Waals surface area contributed by atoms with Gasteiger partial charge >= 0.3 is 0 Å². The van der Waals surface area contributed by atoms with Crippen LogP contribution in [0.3, 0.4) is 0 Å². The van der Waals surface area contributed by atoms with E-state index in [-0.39, 0.29) is 10.5 Å². The molecule has 2 N–H and O–H groups in total. The quantitative estimate of drug-likeness (QED) is 0.291. The van der Waals surface area contributed by atoms with Gasteiger partial charge in [0, 0.05) is 36.5 Å². The molecule has 3 heterocycles. The largest absolute Gasteiger partial charge is 0.476 e. The average Bonchev–Trinajstić information content (AvgIpc) is 3.20. The Labute approximate surface area is 230 Å². The lowest BCUT2D eigenvalue weighted by Crippen LogP contribution is -2.45. The van der Waals surface area contributed by atoms with E-state index < -0.39 is 8.32 Å². The number of aromatic nitrogens is 3. The minimum atomic E-state index is -1.95. The van der Waals surface area contributed by atoms with Crippen molar-refractivity contribution < 1.29 is 9.16 Å². The fourth-order valence-corrected chi connectivity index (χ4v) is 5.35. The third-order valence-corrected chi connectivity index (χ3v) is 12.1. The van der Waals surface area contributed by atoms with Crippen LogP contribution in [-0.2, 0) is 9.84 Å². The molecule has 8 nitrogen and oxygen atoms in total. The first-order valence-corrected chi connectivity index (χ1v) is 16.0. The van der Waals surface area contributed by atoms with Crippen LogP contribution in [0, 0.1) is 11.3 Å². The Morgan fingerprint density at radius 2 is 2.00 bits per heavy atom. The van der Waals surface area contributed by atoms with Crippen LogP contribution in [0.1, 0.15) is 45.7 Å². The maximum atomic E-state index is 9.97. The van der Waals surface area contributed by atoms with Gasteiger partial charge in [-0.15, -0.1) is 0 Å². The molecule has 0 spiro atoms. The molecule has 1 aliphatic rings. The van der Waals surface area contributed by atoms with Crippen LogP contribution in [0.25, 0.3) is 11.3 Å². The Kier molecular flexibility index (Phi) is 7.71. The highest BCUT2D eigenvalue weighted by Crippen LogP contribution is 2.44. The Bertz CT molecular complexity index is 1380. The Morgan fingerprint density at radius 1 is 1.24 bits per heavy atom. The number of ether oxygens (including phenoxy) is 1. The number of rotatable bonds is 8. The van der Waals surface area contributed by atoms with Crippen LogP contribution in [0.4, 0.5) is 17.3 Å². The molecule has 10 heteroatoms. The van der Waals surface area contributed by atoms with Gasteiger partial charge in [0.25, 0.3) is 0 Å². The number of anilines is 3. The van der Waals surface area contributed by atoms with Gasteiger partial charge in [-0.25, -0.2) is 15.0 Å². The van der Waals surface area contributed by atoms with Crippen molar-refractivity contribution in [1.29, 1.82) is 5.26 Å². The first-order chi connectivity index (χ1) is 17.9. The number of fused-ring (bicyclic) bond motifs is 1. The van der Waals surface area contributed by atoms with Crippen LogP contribution in [0.15, 0.2) is 36.7 Å². The first kappa shape index (κ1) is 27.8. The van der Waals surface area contributed by atoms with E-state index >= 15 is 0 Å². The topological polar surface area (TPSA) is 105 Å². The van der Waals surface area contributed by atoms with Crippen molar-refractivity contribution in [2.24, 2.45) is 0 Å². The molecule has 0 aliphatic carbocycles. The van der Waals surface area contributed by atoms with Gasteiger partial charge in [-0.2, -0.15) is 5.26 Å². The van der Waals surface area contributed by atoms with E-state index in [1.807, 2.05) is 19.1 Å². The average molecular weight is 551 g/mol. The normalized spacial score (nSPS) is 16.9. The van der Waals surface area contributed by atoms with Crippen LogP contribution >= 0.6 is 11.6 Å². The van der Waals surface area contributed by atoms with Gasteiger partial charge in [-0.3, -0.25) is 0 Å². The maximum Gasteiger partial charge on any atom is 0.237 e. The van der Waals surface area contributed by atoms with Gasteiger partial charge in [-0.05, 0) is 54.9 Å². The van der Waals surface area contributed by atoms with Gasteiger partial charge < -0.3 is 19.8 Å². The van der Waals surface area contributed by atoms with E-state index in [1.54, 1.807) is 12.3 Å². The summed E-state index contributed by atoms with van der Waals surface area (Å²) in [6.45, 7) is 17.1. The molecular formula is C28H35ClN6O2Si. The number of hydrogen-bond acceptors (Lipinski definition) is 8. The summed E-state index contributed by atoms with van der Waals surface area (Å²) < 4.78 is 12.2. The molecule has 0 saturated heterocycles. The molecule has 0 fully saturated rings. The lowest BCUT2D eigenvalue weighted by atomic mass is 9.83. The monoisotopic (exact) mass is 550 g/mol. The van der Waals surface area contributed by atoms with Crippen molar-refractivity contribution in [3.63, 3.8) is 0 Å². The van der Waals surface area contributed by atoms with Gasteiger partial charge in [-0.1, -0.05) is 39.3 Å². The summed E-state index contributed by atoms with van der Waals surface area (Å²) in [6, 6.07) is 9.90. The summed E-state index contributed by atoms with van der Waals surface area (Å²) in [7, 11) is -1.95. The van der Waals surface area contributed by atoms with E-state index in [0.29, 0.717) is 53.6 Å². The van der Waals surface area contributed by atoms with Gasteiger partial charge in [0.2, 0.25) is 11.8 Å². The van der Waals surface area contributed by atoms with Crippen LogP contribution < -0.4 is 15.4 Å². The molecule has 1 atom stereocenters. The van der Waals surface area contributed by atoms with Crippen LogP contribution in [0.2, 0.25) is 23.2 Å². The van der Waals surface area contributed by atoms with E-state index in [9.17, 15) is 5.26 Å². The SMILES string of the molecule is CCOc1ncc(Cl)cc1Nc1nccc(-c2cc(C#N)c3c(c2)[C@@](C)(CO[Si](C)(C)C(C)(C)C)CN3)n1. The Morgan fingerprint density at radius 3 is 2.68 bits per heavy atom. The molecule has 3 aromatic rings. The number of halogens is 1. The zero-order valence-electron chi connectivity index (χ0n) is 23.1. The Balaban J connectivity index is 1.68. The highest BCUT2D eigenvalue weighted by atomic mass is 35.5. The summed E-state index contributed by atoms with van der Waals surface area (Å²) in [5, 5.41) is 17.2. The predicted molar refractivity (Wildman–Crippen MR) is 155 cm³/mol. The second-order valence-electron chi connectivity index (χ2n) is 11.4. The third-order valence-electron chi connectivity index (χ3n) is 7.42. The molecule has 0 unspecified atom stereocenters. The number of nitrogens with zero attached hydrogens (tertiary/aromatic N) is 4. The number of hydrogen-bond donors (Lipinski definition) is 2. The van der Waals surface area contributed by atoms with E-state index in [0.717, 1.165) is 16.8 Å². The standard InChI is InChI=1S/C28H35ClN6O2Si/c1-8-36-25-23(13-20(29)15-32-25)35-26-31-10-9-22(34-26)18-11-19(14-30)24-21(12-18)28(5,16-33-24)17-37-38(6,7)27(2,3)4/h9-13,15,33H,8,16-17H2,1-7H3,(H,31,34,35)/t28-/m1/s1. The van der Waals surface area contributed by atoms with Crippen molar-refractivity contribution in [3.05, 3.63) is 52.8 Å². The first-order valence-electron chi connectivity index (χ1n) is 12.7. The highest BCUT2D eigenvalue weighted by Gasteiger charge is 2.42. The van der Waals surface area contributed by atoms with Crippen molar-refractivity contribution in [3.8, 4) is 23.2 Å².